The van der Waals surface area contributed by atoms with Gasteiger partial charge >= 0.3 is 0 Å². The van der Waals surface area contributed by atoms with Crippen molar-refractivity contribution in [2.24, 2.45) is 5.84 Å². The Bertz CT molecular complexity index is 1260. The van der Waals surface area contributed by atoms with Crippen molar-refractivity contribution in [3.8, 4) is 0 Å². The molecule has 0 aliphatic heterocycles. The fourth-order valence-corrected chi connectivity index (χ4v) is 4.06. The summed E-state index contributed by atoms with van der Waals surface area (Å²) in [6.45, 7) is 6.97. The first kappa shape index (κ1) is 23.5. The highest BCUT2D eigenvalue weighted by molar-refractivity contribution is 6.06. The average Bonchev–Trinajstić information content (AvgIpc) is 3.24. The van der Waals surface area contributed by atoms with Gasteiger partial charge in [-0.25, -0.2) is 20.8 Å². The van der Waals surface area contributed by atoms with Crippen LogP contribution in [0.4, 0.5) is 11.6 Å². The highest BCUT2D eigenvalue weighted by Gasteiger charge is 2.18. The van der Waals surface area contributed by atoms with E-state index in [1.165, 1.54) is 0 Å². The molecule has 1 aromatic carbocycles. The standard InChI is InChI=1S/C26H33N7O/c1-3-4-13-23-31-24-25(20-11-7-8-12-21(20)30-26(24)27)33(23)34-16-9-5-6-10-18(2)19-14-15-22(32-28)29-17-19/h7-8,11-12,14-15,17H,2-6,9-10,13,16,28H2,1H3,(H2,27,30)(H,29,32). The lowest BCUT2D eigenvalue weighted by atomic mass is 10.0. The molecule has 0 aliphatic carbocycles. The zero-order valence-electron chi connectivity index (χ0n) is 19.8. The van der Waals surface area contributed by atoms with Crippen LogP contribution >= 0.6 is 0 Å². The van der Waals surface area contributed by atoms with E-state index in [1.807, 2.05) is 41.1 Å². The molecule has 8 heteroatoms. The minimum absolute atomic E-state index is 0.442. The molecule has 3 aromatic heterocycles. The first-order valence-corrected chi connectivity index (χ1v) is 11.9. The van der Waals surface area contributed by atoms with Crippen LogP contribution in [0.15, 0.2) is 49.2 Å². The largest absolute Gasteiger partial charge is 0.412 e. The SMILES string of the molecule is C=C(CCCCCOn1c(CCCC)nc2c(N)nc3ccccc3c21)c1ccc(NN)nc1. The Hall–Kier alpha value is -3.65. The van der Waals surface area contributed by atoms with Crippen molar-refractivity contribution in [3.05, 3.63) is 60.6 Å². The maximum Gasteiger partial charge on any atom is 0.152 e. The van der Waals surface area contributed by atoms with Gasteiger partial charge in [-0.1, -0.05) is 38.1 Å². The van der Waals surface area contributed by atoms with E-state index in [0.717, 1.165) is 78.3 Å². The molecule has 0 radical (unpaired) electrons. The molecule has 0 spiro atoms. The summed E-state index contributed by atoms with van der Waals surface area (Å²) in [5.74, 6) is 7.36. The molecule has 0 bridgehead atoms. The number of nitrogens with one attached hydrogen (secondary N) is 1. The van der Waals surface area contributed by atoms with Gasteiger partial charge in [0.1, 0.15) is 29.3 Å². The highest BCUT2D eigenvalue weighted by atomic mass is 16.7. The van der Waals surface area contributed by atoms with Crippen LogP contribution in [0.25, 0.3) is 27.5 Å². The monoisotopic (exact) mass is 459 g/mol. The van der Waals surface area contributed by atoms with Crippen molar-refractivity contribution in [2.75, 3.05) is 17.8 Å². The molecule has 3 heterocycles. The molecule has 4 aromatic rings. The molecule has 0 fully saturated rings. The van der Waals surface area contributed by atoms with Crippen molar-refractivity contribution < 1.29 is 4.84 Å². The number of hydrogen-bond acceptors (Lipinski definition) is 7. The molecule has 178 valence electrons. The second kappa shape index (κ2) is 11.0. The number of aryl methyl sites for hydroxylation is 1. The molecule has 0 saturated carbocycles. The predicted octanol–water partition coefficient (Wildman–Crippen LogP) is 4.89. The Morgan fingerprint density at radius 3 is 2.71 bits per heavy atom. The first-order chi connectivity index (χ1) is 16.6. The lowest BCUT2D eigenvalue weighted by Crippen LogP contribution is -2.16. The molecule has 0 amide bonds. The highest BCUT2D eigenvalue weighted by Crippen LogP contribution is 2.28. The average molecular weight is 460 g/mol. The van der Waals surface area contributed by atoms with Gasteiger partial charge in [-0.3, -0.25) is 0 Å². The van der Waals surface area contributed by atoms with Crippen LogP contribution in [0.3, 0.4) is 0 Å². The lowest BCUT2D eigenvalue weighted by molar-refractivity contribution is 0.108. The molecule has 8 nitrogen and oxygen atoms in total. The topological polar surface area (TPSA) is 117 Å². The molecule has 5 N–H and O–H groups in total. The zero-order chi connectivity index (χ0) is 23.9. The minimum Gasteiger partial charge on any atom is -0.412 e. The number of allylic oxidation sites excluding steroid dienone is 1. The van der Waals surface area contributed by atoms with Gasteiger partial charge in [0, 0.05) is 18.0 Å². The predicted molar refractivity (Wildman–Crippen MR) is 139 cm³/mol. The Kier molecular flexibility index (Phi) is 7.59. The number of rotatable bonds is 12. The first-order valence-electron chi connectivity index (χ1n) is 11.9. The van der Waals surface area contributed by atoms with E-state index in [0.29, 0.717) is 23.8 Å². The number of benzene rings is 1. The van der Waals surface area contributed by atoms with E-state index < -0.39 is 0 Å². The van der Waals surface area contributed by atoms with Crippen molar-refractivity contribution in [1.82, 2.24) is 19.7 Å². The van der Waals surface area contributed by atoms with Gasteiger partial charge < -0.3 is 16.0 Å². The third kappa shape index (κ3) is 5.12. The number of nitrogens with two attached hydrogens (primary N) is 2. The summed E-state index contributed by atoms with van der Waals surface area (Å²) in [6.07, 6.45) is 8.69. The number of fused-ring (bicyclic) bond motifs is 3. The molecule has 0 saturated heterocycles. The second-order valence-corrected chi connectivity index (χ2v) is 8.46. The third-order valence-electron chi connectivity index (χ3n) is 5.96. The van der Waals surface area contributed by atoms with Gasteiger partial charge in [0.05, 0.1) is 5.52 Å². The van der Waals surface area contributed by atoms with E-state index in [4.69, 9.17) is 21.4 Å². The van der Waals surface area contributed by atoms with Crippen LogP contribution in [-0.4, -0.2) is 26.3 Å². The van der Waals surface area contributed by atoms with E-state index in [2.05, 4.69) is 28.9 Å². The van der Waals surface area contributed by atoms with Crippen molar-refractivity contribution in [2.45, 2.75) is 51.9 Å². The zero-order valence-corrected chi connectivity index (χ0v) is 19.8. The molecular weight excluding hydrogens is 426 g/mol. The summed E-state index contributed by atoms with van der Waals surface area (Å²) in [5.41, 5.74) is 13.4. The second-order valence-electron chi connectivity index (χ2n) is 8.46. The Morgan fingerprint density at radius 1 is 1.09 bits per heavy atom. The van der Waals surface area contributed by atoms with Crippen LogP contribution in [-0.2, 0) is 6.42 Å². The molecule has 4 rings (SSSR count). The van der Waals surface area contributed by atoms with Crippen LogP contribution < -0.4 is 21.8 Å². The maximum absolute atomic E-state index is 6.29. The number of hydrogen-bond donors (Lipinski definition) is 3. The number of pyridine rings is 2. The number of para-hydroxylation sites is 1. The molecule has 34 heavy (non-hydrogen) atoms. The van der Waals surface area contributed by atoms with Crippen LogP contribution in [0.5, 0.6) is 0 Å². The summed E-state index contributed by atoms with van der Waals surface area (Å²) in [7, 11) is 0. The molecular formula is C26H33N7O. The van der Waals surface area contributed by atoms with E-state index in [1.54, 1.807) is 6.20 Å². The van der Waals surface area contributed by atoms with Gasteiger partial charge in [-0.05, 0) is 61.4 Å². The summed E-state index contributed by atoms with van der Waals surface area (Å²) in [4.78, 5) is 19.9. The van der Waals surface area contributed by atoms with Crippen molar-refractivity contribution >= 4 is 39.1 Å². The van der Waals surface area contributed by atoms with Crippen molar-refractivity contribution in [3.63, 3.8) is 0 Å². The quantitative estimate of drug-likeness (QED) is 0.157. The van der Waals surface area contributed by atoms with Crippen LogP contribution in [0.2, 0.25) is 0 Å². The fraction of sp³-hybridized carbons (Fsp3) is 0.346. The number of unbranched alkanes of at least 4 members (excludes halogenated alkanes) is 3. The minimum atomic E-state index is 0.442. The van der Waals surface area contributed by atoms with E-state index >= 15 is 0 Å². The van der Waals surface area contributed by atoms with Gasteiger partial charge in [0.15, 0.2) is 5.82 Å². The lowest BCUT2D eigenvalue weighted by Gasteiger charge is -2.12. The van der Waals surface area contributed by atoms with E-state index in [-0.39, 0.29) is 0 Å². The normalized spacial score (nSPS) is 11.2. The van der Waals surface area contributed by atoms with Gasteiger partial charge in [-0.2, -0.15) is 4.73 Å². The fourth-order valence-electron chi connectivity index (χ4n) is 4.06. The Balaban J connectivity index is 1.40. The summed E-state index contributed by atoms with van der Waals surface area (Å²) in [5, 5.41) is 1.00. The van der Waals surface area contributed by atoms with Gasteiger partial charge in [-0.15, -0.1) is 0 Å². The summed E-state index contributed by atoms with van der Waals surface area (Å²) < 4.78 is 1.89. The third-order valence-corrected chi connectivity index (χ3v) is 5.96. The number of anilines is 2. The Labute approximate surface area is 200 Å². The van der Waals surface area contributed by atoms with Crippen LogP contribution in [0, 0.1) is 0 Å². The number of aromatic nitrogens is 4. The number of imidazole rings is 1. The maximum atomic E-state index is 6.29. The van der Waals surface area contributed by atoms with Gasteiger partial charge in [0.25, 0.3) is 0 Å². The molecule has 0 atom stereocenters. The van der Waals surface area contributed by atoms with Crippen molar-refractivity contribution in [1.29, 1.82) is 0 Å². The molecule has 0 unspecified atom stereocenters. The number of nitrogen functional groups attached to an aromatic ring is 2. The Morgan fingerprint density at radius 2 is 1.94 bits per heavy atom. The molecule has 0 aliphatic rings. The summed E-state index contributed by atoms with van der Waals surface area (Å²) >= 11 is 0. The van der Waals surface area contributed by atoms with E-state index in [9.17, 15) is 0 Å². The number of nitrogens with zero attached hydrogens (tertiary/aromatic N) is 4. The van der Waals surface area contributed by atoms with Gasteiger partial charge in [0.2, 0.25) is 0 Å². The summed E-state index contributed by atoms with van der Waals surface area (Å²) in [6, 6.07) is 11.8. The number of hydrazine groups is 1. The smallest absolute Gasteiger partial charge is 0.152 e. The van der Waals surface area contributed by atoms with Crippen LogP contribution in [0.1, 0.15) is 56.8 Å².